The molecular weight excluding hydrogens is 412 g/mol. The number of amides is 3. The quantitative estimate of drug-likeness (QED) is 0.638. The molecule has 3 N–H and O–H groups in total. The molecule has 2 heterocycles. The number of β-amino-alcohol motifs (C(OH)–C–C–N with tert-alkyl or cyclic N) is 1. The molecule has 0 bridgehead atoms. The smallest absolute Gasteiger partial charge is 0.248 e. The van der Waals surface area contributed by atoms with Gasteiger partial charge in [-0.05, 0) is 17.5 Å². The van der Waals surface area contributed by atoms with Gasteiger partial charge in [0.15, 0.2) is 0 Å². The Balaban J connectivity index is 1.89. The van der Waals surface area contributed by atoms with E-state index in [1.807, 2.05) is 32.9 Å². The zero-order valence-electron chi connectivity index (χ0n) is 19.0. The van der Waals surface area contributed by atoms with Gasteiger partial charge in [-0.15, -0.1) is 5.10 Å². The van der Waals surface area contributed by atoms with Crippen LogP contribution in [-0.2, 0) is 14.4 Å². The van der Waals surface area contributed by atoms with Crippen LogP contribution in [0.15, 0.2) is 30.5 Å². The van der Waals surface area contributed by atoms with E-state index >= 15 is 0 Å². The number of nitrogens with zero attached hydrogens (tertiary/aromatic N) is 4. The SMILES string of the molecule is CNC(=O)[C@H]1CC(O)CN1C(=O)C(n1cc(-c2ccc(NC(C)=O)cc2)nn1)C(C)(C)C. The summed E-state index contributed by atoms with van der Waals surface area (Å²) in [5.74, 6) is -0.751. The molecule has 1 aliphatic rings. The highest BCUT2D eigenvalue weighted by Gasteiger charge is 2.45. The number of benzene rings is 1. The van der Waals surface area contributed by atoms with Crippen LogP contribution in [0.5, 0.6) is 0 Å². The highest BCUT2D eigenvalue weighted by molar-refractivity contribution is 5.90. The zero-order valence-corrected chi connectivity index (χ0v) is 19.0. The summed E-state index contributed by atoms with van der Waals surface area (Å²) < 4.78 is 1.52. The molecule has 3 amide bonds. The van der Waals surface area contributed by atoms with E-state index in [0.717, 1.165) is 5.56 Å². The fourth-order valence-corrected chi connectivity index (χ4v) is 3.97. The van der Waals surface area contributed by atoms with Crippen molar-refractivity contribution in [3.8, 4) is 11.3 Å². The van der Waals surface area contributed by atoms with Gasteiger partial charge in [-0.25, -0.2) is 4.68 Å². The fourth-order valence-electron chi connectivity index (χ4n) is 3.97. The van der Waals surface area contributed by atoms with E-state index in [4.69, 9.17) is 0 Å². The van der Waals surface area contributed by atoms with Crippen molar-refractivity contribution in [3.05, 3.63) is 30.5 Å². The van der Waals surface area contributed by atoms with Crippen LogP contribution < -0.4 is 10.6 Å². The zero-order chi connectivity index (χ0) is 23.6. The number of likely N-dealkylation sites (N-methyl/N-ethyl adjacent to an activating group) is 1. The van der Waals surface area contributed by atoms with Gasteiger partial charge in [0.2, 0.25) is 17.7 Å². The van der Waals surface area contributed by atoms with Crippen LogP contribution in [0, 0.1) is 5.41 Å². The minimum atomic E-state index is -0.754. The Hall–Kier alpha value is -3.27. The number of likely N-dealkylation sites (tertiary alicyclic amines) is 1. The average molecular weight is 443 g/mol. The van der Waals surface area contributed by atoms with Crippen LogP contribution in [0.2, 0.25) is 0 Å². The Labute approximate surface area is 187 Å². The molecule has 3 atom stereocenters. The third-order valence-electron chi connectivity index (χ3n) is 5.44. The lowest BCUT2D eigenvalue weighted by atomic mass is 9.85. The molecule has 1 aromatic carbocycles. The summed E-state index contributed by atoms with van der Waals surface area (Å²) in [4.78, 5) is 38.5. The fraction of sp³-hybridized carbons (Fsp3) is 0.500. The van der Waals surface area contributed by atoms with E-state index in [1.54, 1.807) is 18.3 Å². The number of carbonyl (C=O) groups is 3. The van der Waals surface area contributed by atoms with E-state index in [0.29, 0.717) is 11.4 Å². The number of aliphatic hydroxyl groups is 1. The van der Waals surface area contributed by atoms with Gasteiger partial charge in [-0.2, -0.15) is 0 Å². The van der Waals surface area contributed by atoms with Crippen LogP contribution in [0.1, 0.15) is 40.2 Å². The first kappa shape index (κ1) is 23.4. The Bertz CT molecular complexity index is 995. The lowest BCUT2D eigenvalue weighted by molar-refractivity contribution is -0.144. The molecule has 1 saturated heterocycles. The van der Waals surface area contributed by atoms with Gasteiger partial charge in [0.25, 0.3) is 0 Å². The molecule has 1 fully saturated rings. The van der Waals surface area contributed by atoms with Crippen LogP contribution >= 0.6 is 0 Å². The van der Waals surface area contributed by atoms with Crippen molar-refractivity contribution in [2.24, 2.45) is 5.41 Å². The topological polar surface area (TPSA) is 129 Å². The van der Waals surface area contributed by atoms with E-state index in [-0.39, 0.29) is 30.7 Å². The average Bonchev–Trinajstić information content (AvgIpc) is 3.33. The molecule has 1 aliphatic heterocycles. The summed E-state index contributed by atoms with van der Waals surface area (Å²) in [6, 6.07) is 5.71. The maximum Gasteiger partial charge on any atom is 0.248 e. The molecule has 1 aromatic heterocycles. The molecule has 0 saturated carbocycles. The predicted molar refractivity (Wildman–Crippen MR) is 118 cm³/mol. The molecule has 0 spiro atoms. The summed E-state index contributed by atoms with van der Waals surface area (Å²) in [6.45, 7) is 7.29. The van der Waals surface area contributed by atoms with Gasteiger partial charge in [-0.1, -0.05) is 38.1 Å². The highest BCUT2D eigenvalue weighted by atomic mass is 16.3. The number of anilines is 1. The van der Waals surface area contributed by atoms with Gasteiger partial charge in [0, 0.05) is 38.2 Å². The minimum Gasteiger partial charge on any atom is -0.391 e. The van der Waals surface area contributed by atoms with Crippen LogP contribution in [0.4, 0.5) is 5.69 Å². The largest absolute Gasteiger partial charge is 0.391 e. The van der Waals surface area contributed by atoms with Gasteiger partial charge >= 0.3 is 0 Å². The molecule has 3 rings (SSSR count). The van der Waals surface area contributed by atoms with Gasteiger partial charge in [0.1, 0.15) is 17.8 Å². The van der Waals surface area contributed by atoms with E-state index in [2.05, 4.69) is 20.9 Å². The highest BCUT2D eigenvalue weighted by Crippen LogP contribution is 2.35. The summed E-state index contributed by atoms with van der Waals surface area (Å²) in [5.41, 5.74) is 1.50. The minimum absolute atomic E-state index is 0.0929. The van der Waals surface area contributed by atoms with Crippen LogP contribution in [0.25, 0.3) is 11.3 Å². The van der Waals surface area contributed by atoms with Crippen molar-refractivity contribution in [2.75, 3.05) is 18.9 Å². The first-order valence-corrected chi connectivity index (χ1v) is 10.5. The monoisotopic (exact) mass is 442 g/mol. The number of carbonyl (C=O) groups excluding carboxylic acids is 3. The molecule has 172 valence electrons. The second-order valence-electron chi connectivity index (χ2n) is 9.12. The standard InChI is InChI=1S/C22H30N6O4/c1-13(29)24-15-8-6-14(7-9-15)17-12-28(26-25-17)19(22(2,3)4)21(32)27-11-16(30)10-18(27)20(31)23-5/h6-9,12,16,18-19,30H,10-11H2,1-5H3,(H,23,31)(H,24,29)/t16?,18-,19?/m1/s1. The number of nitrogens with one attached hydrogen (secondary N) is 2. The molecule has 0 aliphatic carbocycles. The second-order valence-corrected chi connectivity index (χ2v) is 9.12. The Morgan fingerprint density at radius 1 is 1.19 bits per heavy atom. The Kier molecular flexibility index (Phi) is 6.63. The number of rotatable bonds is 5. The van der Waals surface area contributed by atoms with E-state index in [1.165, 1.54) is 23.6 Å². The molecule has 2 unspecified atom stereocenters. The summed E-state index contributed by atoms with van der Waals surface area (Å²) in [5, 5.41) is 23.8. The van der Waals surface area contributed by atoms with Gasteiger partial charge in [-0.3, -0.25) is 14.4 Å². The third-order valence-corrected chi connectivity index (χ3v) is 5.44. The van der Waals surface area contributed by atoms with E-state index in [9.17, 15) is 19.5 Å². The molecule has 32 heavy (non-hydrogen) atoms. The first-order chi connectivity index (χ1) is 15.0. The molecule has 10 nitrogen and oxygen atoms in total. The number of aliphatic hydroxyl groups excluding tert-OH is 1. The van der Waals surface area contributed by atoms with Crippen molar-refractivity contribution >= 4 is 23.4 Å². The van der Waals surface area contributed by atoms with Crippen molar-refractivity contribution in [1.29, 1.82) is 0 Å². The Morgan fingerprint density at radius 3 is 2.41 bits per heavy atom. The van der Waals surface area contributed by atoms with Crippen LogP contribution in [0.3, 0.4) is 0 Å². The lowest BCUT2D eigenvalue weighted by Gasteiger charge is -2.34. The number of aromatic nitrogens is 3. The number of hydrogen-bond donors (Lipinski definition) is 3. The second kappa shape index (κ2) is 9.07. The molecular formula is C22H30N6O4. The maximum absolute atomic E-state index is 13.6. The van der Waals surface area contributed by atoms with Gasteiger partial charge < -0.3 is 20.6 Å². The van der Waals surface area contributed by atoms with Crippen molar-refractivity contribution < 1.29 is 19.5 Å². The summed E-state index contributed by atoms with van der Waals surface area (Å²) in [6.07, 6.45) is 1.14. The van der Waals surface area contributed by atoms with Crippen molar-refractivity contribution in [3.63, 3.8) is 0 Å². The van der Waals surface area contributed by atoms with Crippen LogP contribution in [-0.4, -0.2) is 68.5 Å². The number of hydrogen-bond acceptors (Lipinski definition) is 6. The predicted octanol–water partition coefficient (Wildman–Crippen LogP) is 1.20. The summed E-state index contributed by atoms with van der Waals surface area (Å²) >= 11 is 0. The normalized spacial score (nSPS) is 19.5. The lowest BCUT2D eigenvalue weighted by Crippen LogP contribution is -2.49. The van der Waals surface area contributed by atoms with Crippen molar-refractivity contribution in [1.82, 2.24) is 25.2 Å². The third kappa shape index (κ3) is 4.96. The molecule has 2 aromatic rings. The first-order valence-electron chi connectivity index (χ1n) is 10.5. The Morgan fingerprint density at radius 2 is 1.84 bits per heavy atom. The van der Waals surface area contributed by atoms with Crippen molar-refractivity contribution in [2.45, 2.75) is 52.3 Å². The van der Waals surface area contributed by atoms with Gasteiger partial charge in [0.05, 0.1) is 12.3 Å². The molecule has 0 radical (unpaired) electrons. The maximum atomic E-state index is 13.6. The molecule has 10 heteroatoms. The summed E-state index contributed by atoms with van der Waals surface area (Å²) in [7, 11) is 1.51. The van der Waals surface area contributed by atoms with E-state index < -0.39 is 23.6 Å².